The average Bonchev–Trinajstić information content (AvgIpc) is 3.14. The Labute approximate surface area is 157 Å². The van der Waals surface area contributed by atoms with E-state index in [1.807, 2.05) is 26.0 Å². The third kappa shape index (κ3) is 3.57. The van der Waals surface area contributed by atoms with Gasteiger partial charge in [0.2, 0.25) is 5.95 Å². The molecule has 0 amide bonds. The highest BCUT2D eigenvalue weighted by atomic mass is 16.5. The molecule has 1 atom stereocenters. The maximum absolute atomic E-state index is 12.8. The molecular formula is C18H23N5O4. The Morgan fingerprint density at radius 3 is 2.74 bits per heavy atom. The van der Waals surface area contributed by atoms with Gasteiger partial charge in [-0.1, -0.05) is 24.5 Å². The summed E-state index contributed by atoms with van der Waals surface area (Å²) in [7, 11) is 3.13. The first kappa shape index (κ1) is 18.7. The number of aromatic nitrogens is 4. The fraction of sp³-hybridized carbons (Fsp3) is 0.444. The van der Waals surface area contributed by atoms with Gasteiger partial charge in [-0.15, -0.1) is 0 Å². The molecule has 2 heterocycles. The minimum absolute atomic E-state index is 0.368. The normalized spacial score (nSPS) is 15.8. The Morgan fingerprint density at radius 1 is 1.26 bits per heavy atom. The van der Waals surface area contributed by atoms with Crippen LogP contribution in [0.25, 0.3) is 0 Å². The Bertz CT molecular complexity index is 861. The van der Waals surface area contributed by atoms with E-state index in [0.717, 1.165) is 18.4 Å². The van der Waals surface area contributed by atoms with Gasteiger partial charge in [-0.25, -0.2) is 4.79 Å². The van der Waals surface area contributed by atoms with Crippen LogP contribution >= 0.6 is 0 Å². The lowest BCUT2D eigenvalue weighted by Gasteiger charge is -2.27. The first-order valence-corrected chi connectivity index (χ1v) is 8.75. The molecule has 1 aromatic heterocycles. The lowest BCUT2D eigenvalue weighted by Crippen LogP contribution is -2.29. The van der Waals surface area contributed by atoms with Crippen LogP contribution in [0.5, 0.6) is 11.5 Å². The molecule has 1 N–H and O–H groups in total. The Morgan fingerprint density at radius 2 is 2.04 bits per heavy atom. The summed E-state index contributed by atoms with van der Waals surface area (Å²) in [5.41, 5.74) is 1.89. The van der Waals surface area contributed by atoms with Gasteiger partial charge in [-0.05, 0) is 41.5 Å². The number of carbonyl (C=O) groups is 1. The van der Waals surface area contributed by atoms with Crippen LogP contribution in [0.2, 0.25) is 0 Å². The predicted molar refractivity (Wildman–Crippen MR) is 97.7 cm³/mol. The second kappa shape index (κ2) is 8.07. The summed E-state index contributed by atoms with van der Waals surface area (Å²) in [4.78, 5) is 12.8. The maximum Gasteiger partial charge on any atom is 0.338 e. The van der Waals surface area contributed by atoms with Gasteiger partial charge in [0.25, 0.3) is 0 Å². The molecule has 0 aliphatic carbocycles. The van der Waals surface area contributed by atoms with Crippen LogP contribution in [0.3, 0.4) is 0 Å². The van der Waals surface area contributed by atoms with Crippen LogP contribution in [-0.2, 0) is 9.53 Å². The van der Waals surface area contributed by atoms with E-state index >= 15 is 0 Å². The molecule has 3 rings (SSSR count). The number of hydrogen-bond acceptors (Lipinski definition) is 8. The molecule has 0 saturated heterocycles. The lowest BCUT2D eigenvalue weighted by atomic mass is 9.95. The number of benzene rings is 1. The fourth-order valence-corrected chi connectivity index (χ4v) is 2.99. The number of allylic oxidation sites excluding steroid dienone is 1. The van der Waals surface area contributed by atoms with Crippen molar-refractivity contribution in [3.8, 4) is 11.5 Å². The number of rotatable bonds is 7. The van der Waals surface area contributed by atoms with Crippen LogP contribution in [-0.4, -0.2) is 47.0 Å². The van der Waals surface area contributed by atoms with Crippen molar-refractivity contribution in [2.75, 3.05) is 26.1 Å². The van der Waals surface area contributed by atoms with Crippen molar-refractivity contribution in [1.29, 1.82) is 0 Å². The van der Waals surface area contributed by atoms with Gasteiger partial charge >= 0.3 is 5.97 Å². The van der Waals surface area contributed by atoms with Crippen molar-refractivity contribution >= 4 is 11.9 Å². The van der Waals surface area contributed by atoms with Crippen molar-refractivity contribution in [2.45, 2.75) is 32.7 Å². The van der Waals surface area contributed by atoms with E-state index < -0.39 is 12.0 Å². The number of nitrogens with one attached hydrogen (secondary N) is 1. The average molecular weight is 373 g/mol. The van der Waals surface area contributed by atoms with Crippen LogP contribution in [0.4, 0.5) is 5.95 Å². The number of hydrogen-bond donors (Lipinski definition) is 1. The first-order valence-electron chi connectivity index (χ1n) is 8.75. The zero-order valence-electron chi connectivity index (χ0n) is 15.9. The van der Waals surface area contributed by atoms with Gasteiger partial charge < -0.3 is 19.5 Å². The monoisotopic (exact) mass is 373 g/mol. The highest BCUT2D eigenvalue weighted by Gasteiger charge is 2.35. The summed E-state index contributed by atoms with van der Waals surface area (Å²) < 4.78 is 17.7. The summed E-state index contributed by atoms with van der Waals surface area (Å²) >= 11 is 0. The zero-order chi connectivity index (χ0) is 19.4. The molecule has 2 aromatic rings. The smallest absolute Gasteiger partial charge is 0.338 e. The number of unbranched alkanes of at least 4 members (excludes halogenated alkanes) is 1. The summed E-state index contributed by atoms with van der Waals surface area (Å²) in [6.45, 7) is 4.22. The van der Waals surface area contributed by atoms with Gasteiger partial charge in [0.05, 0.1) is 26.4 Å². The standard InChI is InChI=1S/C18H23N5O4/c1-5-6-9-27-17(24)15-11(2)19-18-20-21-22-23(18)16(15)12-7-8-13(25-3)14(10-12)26-4/h7-8,10,16H,5-6,9H2,1-4H3,(H,19,20,22)/t16-/m0/s1. The van der Waals surface area contributed by atoms with Crippen molar-refractivity contribution < 1.29 is 19.0 Å². The molecule has 0 radical (unpaired) electrons. The minimum atomic E-state index is -0.537. The zero-order valence-corrected chi connectivity index (χ0v) is 15.9. The van der Waals surface area contributed by atoms with Gasteiger partial charge in [-0.2, -0.15) is 4.68 Å². The molecule has 0 spiro atoms. The molecule has 0 fully saturated rings. The van der Waals surface area contributed by atoms with Crippen LogP contribution in [0, 0.1) is 0 Å². The van der Waals surface area contributed by atoms with E-state index in [-0.39, 0.29) is 0 Å². The molecule has 27 heavy (non-hydrogen) atoms. The van der Waals surface area contributed by atoms with Crippen molar-refractivity contribution in [3.63, 3.8) is 0 Å². The Hall–Kier alpha value is -3.10. The molecule has 0 saturated carbocycles. The predicted octanol–water partition coefficient (Wildman–Crippen LogP) is 2.32. The summed E-state index contributed by atoms with van der Waals surface area (Å²) in [6, 6.07) is 4.92. The highest BCUT2D eigenvalue weighted by Crippen LogP contribution is 2.38. The van der Waals surface area contributed by atoms with Crippen molar-refractivity contribution in [1.82, 2.24) is 20.2 Å². The molecule has 1 aliphatic heterocycles. The number of tetrazole rings is 1. The number of esters is 1. The molecule has 9 heteroatoms. The van der Waals surface area contributed by atoms with E-state index in [0.29, 0.717) is 35.3 Å². The number of nitrogens with zero attached hydrogens (tertiary/aromatic N) is 4. The lowest BCUT2D eigenvalue weighted by molar-refractivity contribution is -0.139. The Balaban J connectivity index is 2.05. The van der Waals surface area contributed by atoms with Crippen LogP contribution in [0.1, 0.15) is 38.3 Å². The Kier molecular flexibility index (Phi) is 5.58. The van der Waals surface area contributed by atoms with E-state index in [4.69, 9.17) is 14.2 Å². The largest absolute Gasteiger partial charge is 0.493 e. The molecule has 0 bridgehead atoms. The fourth-order valence-electron chi connectivity index (χ4n) is 2.99. The molecule has 0 unspecified atom stereocenters. The summed E-state index contributed by atoms with van der Waals surface area (Å²) in [5.74, 6) is 1.21. The van der Waals surface area contributed by atoms with Crippen LogP contribution < -0.4 is 14.8 Å². The molecule has 1 aliphatic rings. The topological polar surface area (TPSA) is 100 Å². The first-order chi connectivity index (χ1) is 13.1. The quantitative estimate of drug-likeness (QED) is 0.583. The summed E-state index contributed by atoms with van der Waals surface area (Å²) in [6.07, 6.45) is 1.75. The summed E-state index contributed by atoms with van der Waals surface area (Å²) in [5, 5.41) is 14.8. The maximum atomic E-state index is 12.8. The highest BCUT2D eigenvalue weighted by molar-refractivity contribution is 5.92. The SMILES string of the molecule is CCCCOC(=O)C1=C(C)Nc2nnnn2[C@H]1c1ccc(OC)c(OC)c1. The van der Waals surface area contributed by atoms with Crippen LogP contribution in [0.15, 0.2) is 29.5 Å². The number of carbonyl (C=O) groups excluding carboxylic acids is 1. The number of methoxy groups -OCH3 is 2. The molecule has 144 valence electrons. The van der Waals surface area contributed by atoms with E-state index in [2.05, 4.69) is 20.8 Å². The van der Waals surface area contributed by atoms with E-state index in [1.165, 1.54) is 0 Å². The van der Waals surface area contributed by atoms with Gasteiger partial charge in [-0.3, -0.25) is 0 Å². The van der Waals surface area contributed by atoms with E-state index in [9.17, 15) is 4.79 Å². The molecule has 1 aromatic carbocycles. The molecular weight excluding hydrogens is 350 g/mol. The van der Waals surface area contributed by atoms with Gasteiger partial charge in [0.15, 0.2) is 11.5 Å². The van der Waals surface area contributed by atoms with Crippen molar-refractivity contribution in [2.24, 2.45) is 0 Å². The third-order valence-corrected chi connectivity index (χ3v) is 4.39. The molecule has 9 nitrogen and oxygen atoms in total. The number of anilines is 1. The van der Waals surface area contributed by atoms with Crippen molar-refractivity contribution in [3.05, 3.63) is 35.0 Å². The minimum Gasteiger partial charge on any atom is -0.493 e. The number of ether oxygens (including phenoxy) is 3. The third-order valence-electron chi connectivity index (χ3n) is 4.39. The van der Waals surface area contributed by atoms with E-state index in [1.54, 1.807) is 25.0 Å². The van der Waals surface area contributed by atoms with Gasteiger partial charge in [0.1, 0.15) is 6.04 Å². The number of fused-ring (bicyclic) bond motifs is 1. The van der Waals surface area contributed by atoms with Gasteiger partial charge in [0, 0.05) is 5.70 Å². The second-order valence-corrected chi connectivity index (χ2v) is 6.12. The second-order valence-electron chi connectivity index (χ2n) is 6.12.